The number of likely N-dealkylation sites (tertiary alicyclic amines) is 1. The Balaban J connectivity index is 2.24. The van der Waals surface area contributed by atoms with Crippen LogP contribution in [-0.2, 0) is 44.8 Å². The summed E-state index contributed by atoms with van der Waals surface area (Å²) in [6, 6.07) is -8.74. The number of carboxylic acid groups (broad SMARTS) is 1. The first-order valence-corrected chi connectivity index (χ1v) is 19.0. The maximum Gasteiger partial charge on any atom is 0.326 e. The normalized spacial score (nSPS) is 17.8. The maximum absolute atomic E-state index is 13.7. The van der Waals surface area contributed by atoms with E-state index in [9.17, 15) is 48.6 Å². The lowest BCUT2D eigenvalue weighted by molar-refractivity contribution is -0.142. The van der Waals surface area contributed by atoms with Crippen molar-refractivity contribution in [2.75, 3.05) is 13.2 Å². The number of aliphatic hydroxyl groups is 1. The molecule has 7 amide bonds. The van der Waals surface area contributed by atoms with Crippen molar-refractivity contribution in [3.05, 3.63) is 18.2 Å². The zero-order chi connectivity index (χ0) is 42.3. The minimum atomic E-state index is -1.57. The van der Waals surface area contributed by atoms with E-state index in [2.05, 4.69) is 36.6 Å². The zero-order valence-corrected chi connectivity index (χ0v) is 33.0. The summed E-state index contributed by atoms with van der Waals surface area (Å²) in [5.41, 5.74) is 11.5. The van der Waals surface area contributed by atoms with Crippen LogP contribution in [0.5, 0.6) is 0 Å². The fourth-order valence-corrected chi connectivity index (χ4v) is 6.27. The molecule has 1 fully saturated rings. The summed E-state index contributed by atoms with van der Waals surface area (Å²) in [6.07, 6.45) is 3.72. The summed E-state index contributed by atoms with van der Waals surface area (Å²) in [5.74, 6) is -7.27. The van der Waals surface area contributed by atoms with Gasteiger partial charge in [-0.1, -0.05) is 48.0 Å². The molecule has 0 aliphatic carbocycles. The second-order valence-corrected chi connectivity index (χ2v) is 15.1. The van der Waals surface area contributed by atoms with Crippen molar-refractivity contribution < 1.29 is 48.6 Å². The minimum absolute atomic E-state index is 0.0622. The Morgan fingerprint density at radius 3 is 1.95 bits per heavy atom. The van der Waals surface area contributed by atoms with E-state index in [1.807, 2.05) is 0 Å². The molecule has 0 spiro atoms. The van der Waals surface area contributed by atoms with Crippen LogP contribution in [0, 0.1) is 17.8 Å². The van der Waals surface area contributed by atoms with Crippen molar-refractivity contribution in [3.8, 4) is 0 Å². The average Bonchev–Trinajstić information content (AvgIpc) is 3.83. The number of nitrogens with one attached hydrogen (secondary N) is 6. The summed E-state index contributed by atoms with van der Waals surface area (Å²) >= 11 is 0. The predicted molar refractivity (Wildman–Crippen MR) is 202 cm³/mol. The Bertz CT molecular complexity index is 1520. The molecule has 1 aliphatic heterocycles. The molecule has 1 aliphatic rings. The number of primary amides is 1. The van der Waals surface area contributed by atoms with E-state index in [0.717, 1.165) is 0 Å². The van der Waals surface area contributed by atoms with Gasteiger partial charge in [0.05, 0.1) is 25.4 Å². The van der Waals surface area contributed by atoms with Crippen LogP contribution in [0.4, 0.5) is 0 Å². The van der Waals surface area contributed by atoms with Crippen LogP contribution in [0.3, 0.4) is 0 Å². The monoisotopic (exact) mass is 792 g/mol. The highest BCUT2D eigenvalue weighted by Crippen LogP contribution is 2.20. The van der Waals surface area contributed by atoms with Crippen molar-refractivity contribution in [3.63, 3.8) is 0 Å². The lowest BCUT2D eigenvalue weighted by atomic mass is 9.97. The number of aromatic amines is 1. The van der Waals surface area contributed by atoms with E-state index in [0.29, 0.717) is 18.5 Å². The summed E-state index contributed by atoms with van der Waals surface area (Å²) < 4.78 is 0. The Labute approximate surface area is 326 Å². The summed E-state index contributed by atoms with van der Waals surface area (Å²) in [7, 11) is 0. The van der Waals surface area contributed by atoms with E-state index in [1.54, 1.807) is 41.5 Å². The van der Waals surface area contributed by atoms with Crippen LogP contribution in [-0.4, -0.2) is 128 Å². The third kappa shape index (κ3) is 14.5. The van der Waals surface area contributed by atoms with Crippen molar-refractivity contribution >= 4 is 47.3 Å². The molecule has 0 aromatic carbocycles. The van der Waals surface area contributed by atoms with Crippen molar-refractivity contribution in [1.29, 1.82) is 0 Å². The number of carboxylic acids is 1. The number of rotatable bonds is 23. The minimum Gasteiger partial charge on any atom is -0.480 e. The number of aromatic nitrogens is 2. The molecular weight excluding hydrogens is 732 g/mol. The number of hydrogen-bond donors (Lipinski definition) is 10. The van der Waals surface area contributed by atoms with Gasteiger partial charge in [-0.3, -0.25) is 33.6 Å². The van der Waals surface area contributed by atoms with E-state index in [-0.39, 0.29) is 44.1 Å². The SMILES string of the molecule is CC[C@H](C)[C@H](NC(=O)[C@@H]1CCCN1C(=O)[C@@H](N)CC(N)=O)C(=O)N[C@@H](CO)C(=O)N[C@@H](CC(C)C)C(=O)N[C@@H](Cc1cnc[nH]1)C(=O)N[C@@H](CC(C)C)C(=O)O. The second-order valence-electron chi connectivity index (χ2n) is 15.1. The highest BCUT2D eigenvalue weighted by atomic mass is 16.4. The molecule has 1 aromatic heterocycles. The molecule has 20 heteroatoms. The number of aliphatic hydroxyl groups excluding tert-OH is 1. The molecule has 0 bridgehead atoms. The van der Waals surface area contributed by atoms with Crippen LogP contribution in [0.25, 0.3) is 0 Å². The molecule has 12 N–H and O–H groups in total. The van der Waals surface area contributed by atoms with Gasteiger partial charge in [0.2, 0.25) is 41.4 Å². The number of imidazole rings is 1. The zero-order valence-electron chi connectivity index (χ0n) is 33.0. The fourth-order valence-electron chi connectivity index (χ4n) is 6.27. The quantitative estimate of drug-likeness (QED) is 0.0564. The largest absolute Gasteiger partial charge is 0.480 e. The van der Waals surface area contributed by atoms with Crippen LogP contribution in [0.15, 0.2) is 12.5 Å². The topological polar surface area (TPSA) is 321 Å². The van der Waals surface area contributed by atoms with Gasteiger partial charge in [0.25, 0.3) is 0 Å². The first-order valence-electron chi connectivity index (χ1n) is 19.0. The smallest absolute Gasteiger partial charge is 0.326 e. The Kier molecular flexibility index (Phi) is 18.9. The van der Waals surface area contributed by atoms with Gasteiger partial charge in [0, 0.05) is 24.9 Å². The number of amides is 7. The number of nitrogens with two attached hydrogens (primary N) is 2. The van der Waals surface area contributed by atoms with Gasteiger partial charge < -0.3 is 58.1 Å². The first kappa shape index (κ1) is 47.0. The van der Waals surface area contributed by atoms with Crippen molar-refractivity contribution in [2.45, 2.75) is 129 Å². The van der Waals surface area contributed by atoms with Crippen molar-refractivity contribution in [1.82, 2.24) is 41.5 Å². The molecule has 1 saturated heterocycles. The molecule has 0 saturated carbocycles. The third-order valence-corrected chi connectivity index (χ3v) is 9.46. The molecular formula is C36H60N10O10. The number of H-pyrrole nitrogens is 1. The number of hydrogen-bond acceptors (Lipinski definition) is 11. The first-order chi connectivity index (χ1) is 26.3. The van der Waals surface area contributed by atoms with E-state index in [1.165, 1.54) is 17.4 Å². The Morgan fingerprint density at radius 1 is 0.857 bits per heavy atom. The average molecular weight is 793 g/mol. The molecule has 314 valence electrons. The molecule has 8 atom stereocenters. The van der Waals surface area contributed by atoms with Crippen LogP contribution in [0.2, 0.25) is 0 Å². The molecule has 0 unspecified atom stereocenters. The maximum atomic E-state index is 13.7. The van der Waals surface area contributed by atoms with E-state index < -0.39 is 109 Å². The number of carbonyl (C=O) groups is 8. The van der Waals surface area contributed by atoms with Gasteiger partial charge in [0.15, 0.2) is 0 Å². The molecule has 0 radical (unpaired) electrons. The summed E-state index contributed by atoms with van der Waals surface area (Å²) in [6.45, 7) is 9.98. The van der Waals surface area contributed by atoms with Gasteiger partial charge in [-0.05, 0) is 43.4 Å². The lowest BCUT2D eigenvalue weighted by Gasteiger charge is -2.30. The Hall–Kier alpha value is -5.11. The van der Waals surface area contributed by atoms with Crippen LogP contribution in [0.1, 0.15) is 85.8 Å². The predicted octanol–water partition coefficient (Wildman–Crippen LogP) is -2.21. The third-order valence-electron chi connectivity index (χ3n) is 9.46. The van der Waals surface area contributed by atoms with E-state index in [4.69, 9.17) is 11.5 Å². The van der Waals surface area contributed by atoms with Gasteiger partial charge in [-0.15, -0.1) is 0 Å². The van der Waals surface area contributed by atoms with Crippen LogP contribution < -0.4 is 38.1 Å². The molecule has 2 heterocycles. The lowest BCUT2D eigenvalue weighted by Crippen LogP contribution is -2.61. The van der Waals surface area contributed by atoms with Gasteiger partial charge in [-0.2, -0.15) is 0 Å². The Morgan fingerprint density at radius 2 is 1.41 bits per heavy atom. The fraction of sp³-hybridized carbons (Fsp3) is 0.694. The second kappa shape index (κ2) is 22.4. The standard InChI is InChI=1S/C36H60N10O10/c1-7-20(6)29(45-33(52)27-9-8-10-46(27)35(54)22(37)14-28(38)48)34(53)44-26(16-47)32(51)41-23(11-18(2)3)30(49)42-24(13-21-15-39-17-40-21)31(50)43-25(36(55)56)12-19(4)5/h15,17-20,22-27,29,47H,7-14,16,37H2,1-6H3,(H2,38,48)(H,39,40)(H,41,51)(H,42,49)(H,43,50)(H,44,53)(H,45,52)(H,55,56)/t20-,22-,23-,24-,25-,26-,27-,29-/m0/s1. The van der Waals surface area contributed by atoms with Gasteiger partial charge >= 0.3 is 5.97 Å². The van der Waals surface area contributed by atoms with Gasteiger partial charge in [-0.25, -0.2) is 9.78 Å². The number of aliphatic carboxylic acids is 1. The molecule has 56 heavy (non-hydrogen) atoms. The molecule has 2 rings (SSSR count). The highest BCUT2D eigenvalue weighted by molar-refractivity contribution is 5.97. The number of carbonyl (C=O) groups excluding carboxylic acids is 7. The molecule has 20 nitrogen and oxygen atoms in total. The van der Waals surface area contributed by atoms with E-state index >= 15 is 0 Å². The summed E-state index contributed by atoms with van der Waals surface area (Å²) in [5, 5.41) is 32.7. The number of nitrogens with zero attached hydrogens (tertiary/aromatic N) is 2. The highest BCUT2D eigenvalue weighted by Gasteiger charge is 2.39. The van der Waals surface area contributed by atoms with Crippen molar-refractivity contribution in [2.24, 2.45) is 29.2 Å². The summed E-state index contributed by atoms with van der Waals surface area (Å²) in [4.78, 5) is 112. The van der Waals surface area contributed by atoms with Crippen LogP contribution >= 0.6 is 0 Å². The van der Waals surface area contributed by atoms with Gasteiger partial charge in [0.1, 0.15) is 36.3 Å². The molecule has 1 aromatic rings.